The summed E-state index contributed by atoms with van der Waals surface area (Å²) in [7, 11) is 4.56. The number of anilines is 2. The van der Waals surface area contributed by atoms with Crippen LogP contribution in [-0.4, -0.2) is 67.9 Å². The van der Waals surface area contributed by atoms with E-state index in [1.807, 2.05) is 0 Å². The first-order valence-electron chi connectivity index (χ1n) is 6.83. The number of nitrogens with one attached hydrogen (secondary N) is 1. The highest BCUT2D eigenvalue weighted by molar-refractivity contribution is 5.67. The van der Waals surface area contributed by atoms with Crippen molar-refractivity contribution in [3.05, 3.63) is 18.2 Å². The van der Waals surface area contributed by atoms with Crippen molar-refractivity contribution in [2.75, 3.05) is 64.4 Å². The van der Waals surface area contributed by atoms with Gasteiger partial charge in [-0.25, -0.2) is 0 Å². The second kappa shape index (κ2) is 5.67. The first-order valence-corrected chi connectivity index (χ1v) is 6.83. The molecular formula is C14H25N4O+. The molecule has 0 saturated carbocycles. The molecular weight excluding hydrogens is 240 g/mol. The van der Waals surface area contributed by atoms with Gasteiger partial charge in [-0.3, -0.25) is 4.90 Å². The highest BCUT2D eigenvalue weighted by Crippen LogP contribution is 2.23. The van der Waals surface area contributed by atoms with E-state index in [1.165, 1.54) is 13.1 Å². The number of nitrogens with two attached hydrogens (primary N) is 1. The molecule has 1 saturated heterocycles. The van der Waals surface area contributed by atoms with Crippen molar-refractivity contribution < 1.29 is 9.59 Å². The molecule has 0 unspecified atom stereocenters. The van der Waals surface area contributed by atoms with E-state index in [0.29, 0.717) is 5.69 Å². The Balaban J connectivity index is 1.76. The predicted molar refractivity (Wildman–Crippen MR) is 79.3 cm³/mol. The molecule has 5 heteroatoms. The lowest BCUT2D eigenvalue weighted by molar-refractivity contribution is -0.894. The fourth-order valence-electron chi connectivity index (χ4n) is 2.32. The third-order valence-electron chi connectivity index (χ3n) is 3.82. The summed E-state index contributed by atoms with van der Waals surface area (Å²) in [6.07, 6.45) is 0. The summed E-state index contributed by atoms with van der Waals surface area (Å²) in [6, 6.07) is 5.00. The number of rotatable bonds is 4. The minimum absolute atomic E-state index is 0.244. The maximum atomic E-state index is 9.44. The normalized spacial score (nSPS) is 19.3. The molecule has 1 aromatic rings. The van der Waals surface area contributed by atoms with Crippen LogP contribution in [0.2, 0.25) is 0 Å². The van der Waals surface area contributed by atoms with Crippen LogP contribution in [-0.2, 0) is 0 Å². The van der Waals surface area contributed by atoms with Gasteiger partial charge in [0.2, 0.25) is 0 Å². The van der Waals surface area contributed by atoms with Crippen LogP contribution in [0.1, 0.15) is 0 Å². The molecule has 0 radical (unpaired) electrons. The van der Waals surface area contributed by atoms with Gasteiger partial charge in [-0.15, -0.1) is 0 Å². The number of benzene rings is 1. The topological polar surface area (TPSA) is 61.5 Å². The molecule has 1 fully saturated rings. The Morgan fingerprint density at radius 1 is 1.32 bits per heavy atom. The van der Waals surface area contributed by atoms with Crippen LogP contribution >= 0.6 is 0 Å². The van der Waals surface area contributed by atoms with Crippen molar-refractivity contribution in [1.29, 1.82) is 0 Å². The van der Waals surface area contributed by atoms with E-state index in [4.69, 9.17) is 5.73 Å². The molecule has 0 atom stereocenters. The SMILES string of the molecule is C[N+]1(C)CCN(CCNc2cc(O)ccc2N)CC1. The Morgan fingerprint density at radius 2 is 2.00 bits per heavy atom. The van der Waals surface area contributed by atoms with Gasteiger partial charge in [0.15, 0.2) is 0 Å². The highest BCUT2D eigenvalue weighted by Gasteiger charge is 2.23. The summed E-state index contributed by atoms with van der Waals surface area (Å²) in [6.45, 7) is 6.55. The van der Waals surface area contributed by atoms with E-state index in [0.717, 1.165) is 36.3 Å². The number of nitrogens with zero attached hydrogens (tertiary/aromatic N) is 2. The zero-order valence-electron chi connectivity index (χ0n) is 11.9. The Morgan fingerprint density at radius 3 is 2.68 bits per heavy atom. The average molecular weight is 265 g/mol. The second-order valence-electron chi connectivity index (χ2n) is 5.92. The zero-order valence-corrected chi connectivity index (χ0v) is 11.9. The zero-order chi connectivity index (χ0) is 13.9. The summed E-state index contributed by atoms with van der Waals surface area (Å²) in [5.41, 5.74) is 7.34. The Hall–Kier alpha value is -1.46. The predicted octanol–water partition coefficient (Wildman–Crippen LogP) is 0.778. The molecule has 1 heterocycles. The third-order valence-corrected chi connectivity index (χ3v) is 3.82. The third kappa shape index (κ3) is 4.01. The van der Waals surface area contributed by atoms with Gasteiger partial charge in [-0.05, 0) is 12.1 Å². The van der Waals surface area contributed by atoms with E-state index in [-0.39, 0.29) is 5.75 Å². The molecule has 4 N–H and O–H groups in total. The van der Waals surface area contributed by atoms with Gasteiger partial charge in [0, 0.05) is 32.2 Å². The van der Waals surface area contributed by atoms with E-state index >= 15 is 0 Å². The largest absolute Gasteiger partial charge is 0.508 e. The lowest BCUT2D eigenvalue weighted by atomic mass is 10.2. The maximum Gasteiger partial charge on any atom is 0.117 e. The van der Waals surface area contributed by atoms with Crippen LogP contribution < -0.4 is 11.1 Å². The molecule has 106 valence electrons. The number of likely N-dealkylation sites (N-methyl/N-ethyl adjacent to an activating group) is 1. The molecule has 1 aliphatic rings. The van der Waals surface area contributed by atoms with Crippen molar-refractivity contribution in [3.63, 3.8) is 0 Å². The highest BCUT2D eigenvalue weighted by atomic mass is 16.3. The van der Waals surface area contributed by atoms with Gasteiger partial charge in [-0.2, -0.15) is 0 Å². The molecule has 1 aliphatic heterocycles. The van der Waals surface area contributed by atoms with Crippen molar-refractivity contribution >= 4 is 11.4 Å². The number of hydrogen-bond acceptors (Lipinski definition) is 4. The molecule has 0 aromatic heterocycles. The van der Waals surface area contributed by atoms with Gasteiger partial charge >= 0.3 is 0 Å². The lowest BCUT2D eigenvalue weighted by Crippen LogP contribution is -2.55. The Kier molecular flexibility index (Phi) is 4.17. The second-order valence-corrected chi connectivity index (χ2v) is 5.92. The molecule has 5 nitrogen and oxygen atoms in total. The fraction of sp³-hybridized carbons (Fsp3) is 0.571. The quantitative estimate of drug-likeness (QED) is 0.428. The molecule has 0 amide bonds. The van der Waals surface area contributed by atoms with Gasteiger partial charge < -0.3 is 20.6 Å². The Bertz CT molecular complexity index is 423. The number of piperazine rings is 1. The minimum atomic E-state index is 0.244. The maximum absolute atomic E-state index is 9.44. The summed E-state index contributed by atoms with van der Waals surface area (Å²) in [5, 5.41) is 12.7. The fourth-order valence-corrected chi connectivity index (χ4v) is 2.32. The first-order chi connectivity index (χ1) is 8.96. The summed E-state index contributed by atoms with van der Waals surface area (Å²) < 4.78 is 1.11. The van der Waals surface area contributed by atoms with E-state index in [2.05, 4.69) is 24.3 Å². The molecule has 19 heavy (non-hydrogen) atoms. The van der Waals surface area contributed by atoms with E-state index in [1.54, 1.807) is 18.2 Å². The summed E-state index contributed by atoms with van der Waals surface area (Å²) in [5.74, 6) is 0.244. The smallest absolute Gasteiger partial charge is 0.117 e. The van der Waals surface area contributed by atoms with Gasteiger partial charge in [-0.1, -0.05) is 0 Å². The van der Waals surface area contributed by atoms with Crippen molar-refractivity contribution in [2.45, 2.75) is 0 Å². The minimum Gasteiger partial charge on any atom is -0.508 e. The van der Waals surface area contributed by atoms with Crippen molar-refractivity contribution in [1.82, 2.24) is 4.90 Å². The number of aromatic hydroxyl groups is 1. The van der Waals surface area contributed by atoms with Crippen molar-refractivity contribution in [2.24, 2.45) is 0 Å². The van der Waals surface area contributed by atoms with Crippen LogP contribution in [0.5, 0.6) is 5.75 Å². The van der Waals surface area contributed by atoms with Crippen LogP contribution in [0, 0.1) is 0 Å². The first kappa shape index (κ1) is 14.0. The van der Waals surface area contributed by atoms with Crippen LogP contribution in [0.3, 0.4) is 0 Å². The lowest BCUT2D eigenvalue weighted by Gasteiger charge is -2.39. The monoisotopic (exact) mass is 265 g/mol. The Labute approximate surface area is 115 Å². The molecule has 0 aliphatic carbocycles. The van der Waals surface area contributed by atoms with Gasteiger partial charge in [0.25, 0.3) is 0 Å². The van der Waals surface area contributed by atoms with Gasteiger partial charge in [0.1, 0.15) is 5.75 Å². The summed E-state index contributed by atoms with van der Waals surface area (Å²) >= 11 is 0. The molecule has 0 bridgehead atoms. The number of phenols is 1. The molecule has 0 spiro atoms. The average Bonchev–Trinajstić information content (AvgIpc) is 2.35. The molecule has 1 aromatic carbocycles. The van der Waals surface area contributed by atoms with Crippen LogP contribution in [0.4, 0.5) is 11.4 Å². The number of phenolic OH excluding ortho intramolecular Hbond substituents is 1. The van der Waals surface area contributed by atoms with E-state index in [9.17, 15) is 5.11 Å². The number of nitrogen functional groups attached to an aromatic ring is 1. The van der Waals surface area contributed by atoms with Crippen molar-refractivity contribution in [3.8, 4) is 5.75 Å². The van der Waals surface area contributed by atoms with E-state index < -0.39 is 0 Å². The van der Waals surface area contributed by atoms with Crippen LogP contribution in [0.25, 0.3) is 0 Å². The van der Waals surface area contributed by atoms with Gasteiger partial charge in [0.05, 0.1) is 38.6 Å². The number of quaternary nitrogens is 1. The van der Waals surface area contributed by atoms with Crippen LogP contribution in [0.15, 0.2) is 18.2 Å². The molecule has 2 rings (SSSR count). The number of hydrogen-bond donors (Lipinski definition) is 3. The summed E-state index contributed by atoms with van der Waals surface area (Å²) in [4.78, 5) is 2.47. The standard InChI is InChI=1S/C14H24N4O/c1-18(2)9-7-17(8-10-18)6-5-16-14-11-12(19)3-4-13(14)15/h3-4,11,16H,5-10,15H2,1-2H3/p+1.